The topological polar surface area (TPSA) is 55.6 Å². The van der Waals surface area contributed by atoms with Crippen LogP contribution in [0, 0.1) is 12.8 Å². The highest BCUT2D eigenvalue weighted by Crippen LogP contribution is 2.26. The van der Waals surface area contributed by atoms with E-state index in [0.717, 1.165) is 24.3 Å². The summed E-state index contributed by atoms with van der Waals surface area (Å²) in [4.78, 5) is 14.0. The summed E-state index contributed by atoms with van der Waals surface area (Å²) in [6.45, 7) is 10.2. The van der Waals surface area contributed by atoms with Gasteiger partial charge in [-0.15, -0.1) is 0 Å². The standard InChI is InChI=1S/C15H24N2O2/c1-6-17(9-10(2)3)12-7-11(4)14(16)13(8-12)15(18)19-5/h7-8,10H,6,9,16H2,1-5H3. The van der Waals surface area contributed by atoms with Gasteiger partial charge in [-0.3, -0.25) is 0 Å². The molecule has 0 aliphatic carbocycles. The molecule has 1 aromatic rings. The van der Waals surface area contributed by atoms with Gasteiger partial charge in [-0.25, -0.2) is 4.79 Å². The van der Waals surface area contributed by atoms with Crippen LogP contribution in [0.15, 0.2) is 12.1 Å². The minimum atomic E-state index is -0.386. The molecule has 0 atom stereocenters. The quantitative estimate of drug-likeness (QED) is 0.656. The van der Waals surface area contributed by atoms with Gasteiger partial charge in [0.2, 0.25) is 0 Å². The Morgan fingerprint density at radius 1 is 1.42 bits per heavy atom. The fourth-order valence-electron chi connectivity index (χ4n) is 2.10. The second-order valence-electron chi connectivity index (χ2n) is 5.15. The summed E-state index contributed by atoms with van der Waals surface area (Å²) >= 11 is 0. The highest BCUT2D eigenvalue weighted by atomic mass is 16.5. The molecule has 19 heavy (non-hydrogen) atoms. The maximum absolute atomic E-state index is 11.8. The molecule has 0 fully saturated rings. The number of nitrogens with two attached hydrogens (primary N) is 1. The third-order valence-corrected chi connectivity index (χ3v) is 3.11. The number of benzene rings is 1. The molecule has 0 saturated heterocycles. The maximum atomic E-state index is 11.8. The molecule has 0 aliphatic rings. The van der Waals surface area contributed by atoms with Gasteiger partial charge in [-0.05, 0) is 37.5 Å². The Hall–Kier alpha value is -1.71. The van der Waals surface area contributed by atoms with Crippen molar-refractivity contribution in [2.45, 2.75) is 27.7 Å². The Morgan fingerprint density at radius 3 is 2.53 bits per heavy atom. The average molecular weight is 264 g/mol. The predicted molar refractivity (Wildman–Crippen MR) is 79.7 cm³/mol. The number of anilines is 2. The lowest BCUT2D eigenvalue weighted by Crippen LogP contribution is -2.27. The van der Waals surface area contributed by atoms with Crippen LogP contribution in [0.2, 0.25) is 0 Å². The van der Waals surface area contributed by atoms with Crippen molar-refractivity contribution in [3.63, 3.8) is 0 Å². The van der Waals surface area contributed by atoms with Gasteiger partial charge in [0.1, 0.15) is 0 Å². The molecule has 0 heterocycles. The Kier molecular flexibility index (Phi) is 5.21. The van der Waals surface area contributed by atoms with E-state index in [1.54, 1.807) is 0 Å². The molecule has 4 nitrogen and oxygen atoms in total. The van der Waals surface area contributed by atoms with Crippen molar-refractivity contribution in [1.29, 1.82) is 0 Å². The fraction of sp³-hybridized carbons (Fsp3) is 0.533. The molecule has 1 aromatic carbocycles. The van der Waals surface area contributed by atoms with E-state index in [2.05, 4.69) is 25.7 Å². The Labute approximate surface area is 115 Å². The summed E-state index contributed by atoms with van der Waals surface area (Å²) in [6, 6.07) is 3.84. The zero-order valence-electron chi connectivity index (χ0n) is 12.5. The van der Waals surface area contributed by atoms with Gasteiger partial charge >= 0.3 is 5.97 Å². The summed E-state index contributed by atoms with van der Waals surface area (Å²) < 4.78 is 4.78. The lowest BCUT2D eigenvalue weighted by molar-refractivity contribution is 0.0602. The minimum absolute atomic E-state index is 0.386. The van der Waals surface area contributed by atoms with Gasteiger partial charge in [0.05, 0.1) is 12.7 Å². The number of hydrogen-bond acceptors (Lipinski definition) is 4. The molecule has 0 aromatic heterocycles. The van der Waals surface area contributed by atoms with E-state index in [4.69, 9.17) is 10.5 Å². The largest absolute Gasteiger partial charge is 0.465 e. The van der Waals surface area contributed by atoms with Gasteiger partial charge in [0, 0.05) is 24.5 Å². The van der Waals surface area contributed by atoms with Crippen LogP contribution >= 0.6 is 0 Å². The fourth-order valence-corrected chi connectivity index (χ4v) is 2.10. The number of rotatable bonds is 5. The number of nitrogen functional groups attached to an aromatic ring is 1. The molecular weight excluding hydrogens is 240 g/mol. The normalized spacial score (nSPS) is 10.6. The lowest BCUT2D eigenvalue weighted by atomic mass is 10.1. The van der Waals surface area contributed by atoms with Gasteiger partial charge in [-0.2, -0.15) is 0 Å². The first kappa shape index (κ1) is 15.3. The minimum Gasteiger partial charge on any atom is -0.465 e. The van der Waals surface area contributed by atoms with Crippen molar-refractivity contribution in [2.75, 3.05) is 30.8 Å². The molecule has 4 heteroatoms. The van der Waals surface area contributed by atoms with Crippen LogP contribution < -0.4 is 10.6 Å². The van der Waals surface area contributed by atoms with Crippen LogP contribution in [0.5, 0.6) is 0 Å². The van der Waals surface area contributed by atoms with E-state index in [1.165, 1.54) is 7.11 Å². The third kappa shape index (κ3) is 3.63. The number of hydrogen-bond donors (Lipinski definition) is 1. The molecular formula is C15H24N2O2. The van der Waals surface area contributed by atoms with Gasteiger partial charge in [-0.1, -0.05) is 13.8 Å². The number of aryl methyl sites for hydroxylation is 1. The van der Waals surface area contributed by atoms with E-state index >= 15 is 0 Å². The van der Waals surface area contributed by atoms with E-state index in [-0.39, 0.29) is 5.97 Å². The van der Waals surface area contributed by atoms with Gasteiger partial charge in [0.15, 0.2) is 0 Å². The zero-order chi connectivity index (χ0) is 14.6. The predicted octanol–water partition coefficient (Wildman–Crippen LogP) is 2.85. The van der Waals surface area contributed by atoms with Crippen LogP contribution in [0.3, 0.4) is 0 Å². The van der Waals surface area contributed by atoms with Crippen molar-refractivity contribution in [2.24, 2.45) is 5.92 Å². The number of carbonyl (C=O) groups excluding carboxylic acids is 1. The summed E-state index contributed by atoms with van der Waals surface area (Å²) in [7, 11) is 1.37. The molecule has 2 N–H and O–H groups in total. The van der Waals surface area contributed by atoms with Crippen LogP contribution in [-0.2, 0) is 4.74 Å². The Morgan fingerprint density at radius 2 is 2.05 bits per heavy atom. The molecule has 0 saturated carbocycles. The molecule has 0 amide bonds. The number of methoxy groups -OCH3 is 1. The van der Waals surface area contributed by atoms with Crippen molar-refractivity contribution >= 4 is 17.3 Å². The Balaban J connectivity index is 3.21. The first-order valence-corrected chi connectivity index (χ1v) is 6.64. The number of ether oxygens (including phenoxy) is 1. The summed E-state index contributed by atoms with van der Waals surface area (Å²) in [5, 5.41) is 0. The SMILES string of the molecule is CCN(CC(C)C)c1cc(C)c(N)c(C(=O)OC)c1. The summed E-state index contributed by atoms with van der Waals surface area (Å²) in [5.74, 6) is 0.169. The van der Waals surface area contributed by atoms with E-state index in [1.807, 2.05) is 19.1 Å². The number of nitrogens with zero attached hydrogens (tertiary/aromatic N) is 1. The smallest absolute Gasteiger partial charge is 0.340 e. The molecule has 0 bridgehead atoms. The highest BCUT2D eigenvalue weighted by Gasteiger charge is 2.16. The maximum Gasteiger partial charge on any atom is 0.340 e. The molecule has 0 radical (unpaired) electrons. The van der Waals surface area contributed by atoms with Crippen molar-refractivity contribution in [3.05, 3.63) is 23.3 Å². The average Bonchev–Trinajstić information content (AvgIpc) is 2.37. The van der Waals surface area contributed by atoms with Crippen molar-refractivity contribution < 1.29 is 9.53 Å². The molecule has 1 rings (SSSR count). The summed E-state index contributed by atoms with van der Waals surface area (Å²) in [6.07, 6.45) is 0. The summed E-state index contributed by atoms with van der Waals surface area (Å²) in [5.41, 5.74) is 8.81. The van der Waals surface area contributed by atoms with Crippen LogP contribution in [-0.4, -0.2) is 26.2 Å². The van der Waals surface area contributed by atoms with Crippen LogP contribution in [0.25, 0.3) is 0 Å². The Bertz CT molecular complexity index is 456. The van der Waals surface area contributed by atoms with Crippen molar-refractivity contribution in [3.8, 4) is 0 Å². The number of carbonyl (C=O) groups is 1. The van der Waals surface area contributed by atoms with E-state index in [0.29, 0.717) is 17.2 Å². The molecule has 0 unspecified atom stereocenters. The van der Waals surface area contributed by atoms with Crippen LogP contribution in [0.4, 0.5) is 11.4 Å². The monoisotopic (exact) mass is 264 g/mol. The van der Waals surface area contributed by atoms with E-state index in [9.17, 15) is 4.79 Å². The molecule has 0 spiro atoms. The third-order valence-electron chi connectivity index (χ3n) is 3.11. The van der Waals surface area contributed by atoms with Crippen LogP contribution in [0.1, 0.15) is 36.7 Å². The number of esters is 1. The van der Waals surface area contributed by atoms with Crippen molar-refractivity contribution in [1.82, 2.24) is 0 Å². The van der Waals surface area contributed by atoms with Gasteiger partial charge < -0.3 is 15.4 Å². The first-order chi connectivity index (χ1) is 8.90. The lowest BCUT2D eigenvalue weighted by Gasteiger charge is -2.26. The molecule has 106 valence electrons. The second-order valence-corrected chi connectivity index (χ2v) is 5.15. The highest BCUT2D eigenvalue weighted by molar-refractivity contribution is 5.97. The molecule has 0 aliphatic heterocycles. The second kappa shape index (κ2) is 6.45. The van der Waals surface area contributed by atoms with E-state index < -0.39 is 0 Å². The van der Waals surface area contributed by atoms with Gasteiger partial charge in [0.25, 0.3) is 0 Å². The zero-order valence-corrected chi connectivity index (χ0v) is 12.5. The first-order valence-electron chi connectivity index (χ1n) is 6.64.